The van der Waals surface area contributed by atoms with Crippen molar-refractivity contribution in [3.63, 3.8) is 0 Å². The average Bonchev–Trinajstić information content (AvgIpc) is 2.76. The van der Waals surface area contributed by atoms with Crippen LogP contribution in [-0.2, 0) is 16.2 Å². The van der Waals surface area contributed by atoms with Crippen molar-refractivity contribution in [3.05, 3.63) is 35.9 Å². The molecule has 1 aliphatic heterocycles. The van der Waals surface area contributed by atoms with Crippen LogP contribution in [-0.4, -0.2) is 47.7 Å². The largest absolute Gasteiger partial charge is 0.391 e. The summed E-state index contributed by atoms with van der Waals surface area (Å²) in [6.07, 6.45) is 11.5. The summed E-state index contributed by atoms with van der Waals surface area (Å²) < 4.78 is 0. The summed E-state index contributed by atoms with van der Waals surface area (Å²) in [5.74, 6) is 0.106. The molecule has 6 heteroatoms. The molecule has 1 fully saturated rings. The van der Waals surface area contributed by atoms with Crippen molar-refractivity contribution in [2.45, 2.75) is 89.9 Å². The molecule has 0 saturated carbocycles. The van der Waals surface area contributed by atoms with Gasteiger partial charge in [-0.25, -0.2) is 0 Å². The molecule has 0 bridgehead atoms. The Bertz CT molecular complexity index is 626. The zero-order valence-electron chi connectivity index (χ0n) is 19.4. The molecular formula is C25H40AcN2O3. The maximum absolute atomic E-state index is 12.9. The second-order valence-electron chi connectivity index (χ2n) is 8.72. The second-order valence-corrected chi connectivity index (χ2v) is 8.72. The van der Waals surface area contributed by atoms with E-state index in [0.29, 0.717) is 19.4 Å². The SMILES string of the molecule is CC(C/C=N/OCc1ccccc1)C(O)C1C(=O)CCCCCCCCCCN1C.[Ac]. The van der Waals surface area contributed by atoms with Crippen molar-refractivity contribution in [2.75, 3.05) is 13.6 Å². The van der Waals surface area contributed by atoms with Gasteiger partial charge in [-0.05, 0) is 44.3 Å². The van der Waals surface area contributed by atoms with Crippen molar-refractivity contribution in [1.82, 2.24) is 4.90 Å². The third kappa shape index (κ3) is 11.4. The van der Waals surface area contributed by atoms with Gasteiger partial charge in [0.25, 0.3) is 0 Å². The number of nitrogens with zero attached hydrogens (tertiary/aromatic N) is 2. The third-order valence-corrected chi connectivity index (χ3v) is 6.10. The van der Waals surface area contributed by atoms with Gasteiger partial charge < -0.3 is 9.94 Å². The van der Waals surface area contributed by atoms with Crippen LogP contribution in [0.4, 0.5) is 0 Å². The molecule has 31 heavy (non-hydrogen) atoms. The number of carbonyl (C=O) groups excluding carboxylic acids is 1. The predicted octanol–water partition coefficient (Wildman–Crippen LogP) is 4.97. The van der Waals surface area contributed by atoms with Gasteiger partial charge in [0, 0.05) is 56.7 Å². The molecule has 0 aliphatic carbocycles. The molecule has 1 aromatic carbocycles. The maximum Gasteiger partial charge on any atom is 0.152 e. The molecular weight excluding hydrogens is 603 g/mol. The molecule has 1 aliphatic rings. The summed E-state index contributed by atoms with van der Waals surface area (Å²) in [7, 11) is 1.98. The third-order valence-electron chi connectivity index (χ3n) is 6.10. The maximum atomic E-state index is 12.9. The van der Waals surface area contributed by atoms with E-state index in [4.69, 9.17) is 4.84 Å². The molecule has 1 aromatic rings. The number of oxime groups is 1. The molecule has 171 valence electrons. The Labute approximate surface area is 224 Å². The predicted molar refractivity (Wildman–Crippen MR) is 122 cm³/mol. The summed E-state index contributed by atoms with van der Waals surface area (Å²) >= 11 is 0. The van der Waals surface area contributed by atoms with Gasteiger partial charge in [-0.15, -0.1) is 0 Å². The number of hydrogen-bond donors (Lipinski definition) is 1. The molecule has 5 nitrogen and oxygen atoms in total. The van der Waals surface area contributed by atoms with Gasteiger partial charge in [-0.3, -0.25) is 9.69 Å². The van der Waals surface area contributed by atoms with Gasteiger partial charge in [0.2, 0.25) is 0 Å². The normalized spacial score (nSPS) is 21.9. The summed E-state index contributed by atoms with van der Waals surface area (Å²) in [5.41, 5.74) is 1.07. The fourth-order valence-corrected chi connectivity index (χ4v) is 4.10. The number of carbonyl (C=O) groups is 1. The first-order valence-corrected chi connectivity index (χ1v) is 11.7. The minimum absolute atomic E-state index is 0. The number of Topliss-reactive ketones (excluding diaryl/α,β-unsaturated/α-hetero) is 1. The van der Waals surface area contributed by atoms with E-state index in [1.807, 2.05) is 44.3 Å². The van der Waals surface area contributed by atoms with Gasteiger partial charge in [0.05, 0.1) is 12.1 Å². The molecule has 2 rings (SSSR count). The second kappa shape index (κ2) is 17.2. The Balaban J connectivity index is 0.00000480. The van der Waals surface area contributed by atoms with Crippen LogP contribution in [0.2, 0.25) is 0 Å². The standard InChI is InChI=1S/C25H40N2O3.Ac/c1-21(17-18-26-30-20-22-14-10-9-11-15-22)25(29)24-23(28)16-12-7-5-3-4-6-8-13-19-27(24)2;/h9-11,14-15,18,21,24-25,29H,3-8,12-13,16-17,19-20H2,1-2H3;/b26-18+;. The van der Waals surface area contributed by atoms with E-state index >= 15 is 0 Å². The molecule has 0 amide bonds. The smallest absolute Gasteiger partial charge is 0.152 e. The number of likely N-dealkylation sites (N-methyl/N-ethyl adjacent to an activating group) is 1. The Kier molecular flexibility index (Phi) is 16.0. The van der Waals surface area contributed by atoms with Gasteiger partial charge in [0.1, 0.15) is 6.61 Å². The topological polar surface area (TPSA) is 62.1 Å². The van der Waals surface area contributed by atoms with E-state index in [1.54, 1.807) is 6.21 Å². The number of aliphatic hydroxyl groups excluding tert-OH is 1. The first kappa shape index (κ1) is 28.8. The van der Waals surface area contributed by atoms with Crippen LogP contribution < -0.4 is 0 Å². The van der Waals surface area contributed by atoms with Crippen molar-refractivity contribution in [2.24, 2.45) is 11.1 Å². The summed E-state index contributed by atoms with van der Waals surface area (Å²) in [5, 5.41) is 15.0. The van der Waals surface area contributed by atoms with Crippen LogP contribution in [0.15, 0.2) is 35.5 Å². The van der Waals surface area contributed by atoms with Crippen LogP contribution in [0.25, 0.3) is 0 Å². The number of rotatable bonds is 7. The van der Waals surface area contributed by atoms with Crippen molar-refractivity contribution < 1.29 is 58.8 Å². The first-order chi connectivity index (χ1) is 14.6. The molecule has 1 N–H and O–H groups in total. The fourth-order valence-electron chi connectivity index (χ4n) is 4.10. The summed E-state index contributed by atoms with van der Waals surface area (Å²) in [4.78, 5) is 20.4. The Morgan fingerprint density at radius 1 is 1.10 bits per heavy atom. The molecule has 1 heterocycles. The van der Waals surface area contributed by atoms with Gasteiger partial charge in [0.15, 0.2) is 5.78 Å². The van der Waals surface area contributed by atoms with E-state index < -0.39 is 12.1 Å². The first-order valence-electron chi connectivity index (χ1n) is 11.7. The number of benzene rings is 1. The Morgan fingerprint density at radius 3 is 2.39 bits per heavy atom. The molecule has 1 radical (unpaired) electrons. The van der Waals surface area contributed by atoms with E-state index in [-0.39, 0.29) is 55.8 Å². The van der Waals surface area contributed by atoms with Crippen molar-refractivity contribution >= 4 is 12.0 Å². The number of hydrogen-bond acceptors (Lipinski definition) is 5. The van der Waals surface area contributed by atoms with Crippen molar-refractivity contribution in [1.29, 1.82) is 0 Å². The van der Waals surface area contributed by atoms with Crippen molar-refractivity contribution in [3.8, 4) is 0 Å². The number of aliphatic hydroxyl groups is 1. The van der Waals surface area contributed by atoms with Gasteiger partial charge in [-0.1, -0.05) is 80.9 Å². The number of ketones is 1. The summed E-state index contributed by atoms with van der Waals surface area (Å²) in [6, 6.07) is 9.47. The van der Waals surface area contributed by atoms with Gasteiger partial charge in [-0.2, -0.15) is 0 Å². The van der Waals surface area contributed by atoms with E-state index in [1.165, 1.54) is 32.1 Å². The molecule has 0 aromatic heterocycles. The van der Waals surface area contributed by atoms with E-state index in [2.05, 4.69) is 10.1 Å². The van der Waals surface area contributed by atoms with Crippen LogP contribution in [0, 0.1) is 50.0 Å². The van der Waals surface area contributed by atoms with E-state index in [9.17, 15) is 9.90 Å². The fraction of sp³-hybridized carbons (Fsp3) is 0.680. The average molecular weight is 644 g/mol. The van der Waals surface area contributed by atoms with E-state index in [0.717, 1.165) is 31.4 Å². The minimum atomic E-state index is -0.701. The zero-order valence-corrected chi connectivity index (χ0v) is 24.2. The Hall–Kier alpha value is -0.278. The summed E-state index contributed by atoms with van der Waals surface area (Å²) in [6.45, 7) is 3.27. The molecule has 0 spiro atoms. The van der Waals surface area contributed by atoms with Crippen LogP contribution in [0.5, 0.6) is 0 Å². The monoisotopic (exact) mass is 643 g/mol. The van der Waals surface area contributed by atoms with Gasteiger partial charge >= 0.3 is 0 Å². The zero-order chi connectivity index (χ0) is 21.6. The molecule has 3 unspecified atom stereocenters. The molecule has 1 saturated heterocycles. The molecule has 3 atom stereocenters. The van der Waals surface area contributed by atoms with Crippen LogP contribution in [0.1, 0.15) is 76.7 Å². The van der Waals surface area contributed by atoms with Crippen LogP contribution in [0.3, 0.4) is 0 Å². The quantitative estimate of drug-likeness (QED) is 0.337. The van der Waals surface area contributed by atoms with Crippen LogP contribution >= 0.6 is 0 Å². The minimum Gasteiger partial charge on any atom is -0.391 e. The Morgan fingerprint density at radius 2 is 1.71 bits per heavy atom.